The standard InChI is InChI=1S/C34H24N10/c1-34(2,3)19-13-12-17-15-24-25(16-18(17)14-19)31-38-27-21-9-5-7-11-23(21)29(36-27)41-33-42-32(43-44-33)40-28-22-10-6-4-8-20(22)26(35-28)37-30(24)39-31/h4-16H,1-3H3,(H2,35,36,37,38,39,40,41,42,43,44). The number of aromatic amines is 2. The van der Waals surface area contributed by atoms with Gasteiger partial charge in [-0.2, -0.15) is 9.97 Å². The van der Waals surface area contributed by atoms with Crippen LogP contribution in [0.2, 0.25) is 0 Å². The summed E-state index contributed by atoms with van der Waals surface area (Å²) in [7, 11) is 0. The van der Waals surface area contributed by atoms with Crippen molar-refractivity contribution in [3.63, 3.8) is 0 Å². The SMILES string of the molecule is CC(C)(C)c1ccc2cc3c4nc5nc(nc6nnc(nc7nc(nc([nH]4)c3cc2c1)-c1ccccc1-7)[nH]6)-c1ccccc1-5. The average molecular weight is 573 g/mol. The maximum atomic E-state index is 5.09. The van der Waals surface area contributed by atoms with Crippen LogP contribution in [0, 0.1) is 0 Å². The smallest absolute Gasteiger partial charge is 0.251 e. The Bertz CT molecular complexity index is 2500. The van der Waals surface area contributed by atoms with Crippen LogP contribution in [0.4, 0.5) is 0 Å². The molecule has 3 aromatic heterocycles. The second-order valence-corrected chi connectivity index (χ2v) is 12.1. The van der Waals surface area contributed by atoms with Crippen molar-refractivity contribution < 1.29 is 0 Å². The lowest BCUT2D eigenvalue weighted by atomic mass is 9.86. The zero-order valence-corrected chi connectivity index (χ0v) is 24.1. The van der Waals surface area contributed by atoms with Crippen LogP contribution in [-0.4, -0.2) is 50.1 Å². The van der Waals surface area contributed by atoms with E-state index in [1.54, 1.807) is 0 Å². The molecule has 0 aliphatic carbocycles. The van der Waals surface area contributed by atoms with Gasteiger partial charge in [0.2, 0.25) is 0 Å². The van der Waals surface area contributed by atoms with Crippen LogP contribution in [0.1, 0.15) is 26.3 Å². The van der Waals surface area contributed by atoms with E-state index in [4.69, 9.17) is 19.9 Å². The Hall–Kier alpha value is -5.90. The average Bonchev–Trinajstić information content (AvgIpc) is 3.78. The summed E-state index contributed by atoms with van der Waals surface area (Å²) < 4.78 is 0. The Labute approximate surface area is 250 Å². The zero-order chi connectivity index (χ0) is 29.6. The Morgan fingerprint density at radius 3 is 1.45 bits per heavy atom. The van der Waals surface area contributed by atoms with Crippen LogP contribution in [0.15, 0.2) is 78.9 Å². The third kappa shape index (κ3) is 3.81. The van der Waals surface area contributed by atoms with Crippen LogP contribution in [0.3, 0.4) is 0 Å². The van der Waals surface area contributed by atoms with Crippen molar-refractivity contribution in [1.82, 2.24) is 50.1 Å². The van der Waals surface area contributed by atoms with Gasteiger partial charge in [0.25, 0.3) is 11.6 Å². The molecule has 10 nitrogen and oxygen atoms in total. The summed E-state index contributed by atoms with van der Waals surface area (Å²) in [5.74, 6) is 2.67. The predicted octanol–water partition coefficient (Wildman–Crippen LogP) is 6.96. The normalized spacial score (nSPS) is 12.4. The molecule has 0 radical (unpaired) electrons. The topological polar surface area (TPSA) is 135 Å². The van der Waals surface area contributed by atoms with Gasteiger partial charge in [-0.1, -0.05) is 87.5 Å². The van der Waals surface area contributed by atoms with Gasteiger partial charge < -0.3 is 4.98 Å². The van der Waals surface area contributed by atoms with Crippen LogP contribution >= 0.6 is 0 Å². The van der Waals surface area contributed by atoms with Gasteiger partial charge in [-0.25, -0.2) is 19.9 Å². The fraction of sp³-hybridized carbons (Fsp3) is 0.118. The highest BCUT2D eigenvalue weighted by Gasteiger charge is 2.22. The number of nitrogens with zero attached hydrogens (tertiary/aromatic N) is 8. The first-order chi connectivity index (χ1) is 21.4. The number of rotatable bonds is 0. The molecule has 0 fully saturated rings. The molecule has 0 saturated carbocycles. The van der Waals surface area contributed by atoms with Gasteiger partial charge in [-0.15, -0.1) is 10.2 Å². The van der Waals surface area contributed by atoms with Crippen LogP contribution in [-0.2, 0) is 5.41 Å². The van der Waals surface area contributed by atoms with E-state index in [-0.39, 0.29) is 5.41 Å². The van der Waals surface area contributed by atoms with Crippen molar-refractivity contribution in [2.45, 2.75) is 26.2 Å². The lowest BCUT2D eigenvalue weighted by Crippen LogP contribution is -2.10. The van der Waals surface area contributed by atoms with Gasteiger partial charge in [0.05, 0.1) is 0 Å². The summed E-state index contributed by atoms with van der Waals surface area (Å²) in [5.41, 5.74) is 6.08. The number of H-pyrrole nitrogens is 2. The van der Waals surface area contributed by atoms with Gasteiger partial charge in [0.1, 0.15) is 11.3 Å². The molecule has 4 aromatic carbocycles. The van der Waals surface area contributed by atoms with Crippen molar-refractivity contribution in [3.8, 4) is 45.6 Å². The Morgan fingerprint density at radius 1 is 0.477 bits per heavy atom. The van der Waals surface area contributed by atoms with E-state index in [0.29, 0.717) is 46.1 Å². The molecule has 7 aromatic rings. The fourth-order valence-corrected chi connectivity index (χ4v) is 5.87. The Morgan fingerprint density at radius 2 is 0.955 bits per heavy atom. The molecule has 210 valence electrons. The molecule has 8 bridgehead atoms. The van der Waals surface area contributed by atoms with Gasteiger partial charge in [0, 0.05) is 33.0 Å². The van der Waals surface area contributed by atoms with E-state index in [0.717, 1.165) is 43.8 Å². The third-order valence-corrected chi connectivity index (χ3v) is 8.15. The Balaban J connectivity index is 1.45. The molecule has 10 heteroatoms. The molecule has 5 heterocycles. The quantitative estimate of drug-likeness (QED) is 0.199. The molecule has 2 N–H and O–H groups in total. The van der Waals surface area contributed by atoms with E-state index in [1.165, 1.54) is 5.56 Å². The molecule has 2 aliphatic rings. The van der Waals surface area contributed by atoms with Crippen LogP contribution in [0.5, 0.6) is 0 Å². The highest BCUT2D eigenvalue weighted by atomic mass is 15.3. The molecule has 0 spiro atoms. The summed E-state index contributed by atoms with van der Waals surface area (Å²) >= 11 is 0. The lowest BCUT2D eigenvalue weighted by Gasteiger charge is -2.19. The first kappa shape index (κ1) is 24.7. The van der Waals surface area contributed by atoms with Crippen molar-refractivity contribution in [2.75, 3.05) is 0 Å². The third-order valence-electron chi connectivity index (χ3n) is 8.15. The Kier molecular flexibility index (Phi) is 4.94. The largest absolute Gasteiger partial charge is 0.324 e. The molecule has 44 heavy (non-hydrogen) atoms. The molecular weight excluding hydrogens is 548 g/mol. The number of benzene rings is 4. The van der Waals surface area contributed by atoms with E-state index in [9.17, 15) is 0 Å². The van der Waals surface area contributed by atoms with Crippen molar-refractivity contribution in [2.24, 2.45) is 0 Å². The van der Waals surface area contributed by atoms with Crippen molar-refractivity contribution in [1.29, 1.82) is 0 Å². The highest BCUT2D eigenvalue weighted by Crippen LogP contribution is 2.37. The maximum Gasteiger partial charge on any atom is 0.251 e. The molecule has 0 saturated heterocycles. The first-order valence-corrected chi connectivity index (χ1v) is 14.4. The highest BCUT2D eigenvalue weighted by molar-refractivity contribution is 6.11. The monoisotopic (exact) mass is 572 g/mol. The van der Waals surface area contributed by atoms with E-state index < -0.39 is 0 Å². The molecule has 9 rings (SSSR count). The van der Waals surface area contributed by atoms with Crippen molar-refractivity contribution >= 4 is 44.4 Å². The zero-order valence-electron chi connectivity index (χ0n) is 24.1. The van der Waals surface area contributed by atoms with Crippen molar-refractivity contribution in [3.05, 3.63) is 84.4 Å². The van der Waals surface area contributed by atoms with E-state index >= 15 is 0 Å². The molecular formula is C34H24N10. The number of hydrogen-bond acceptors (Lipinski definition) is 8. The van der Waals surface area contributed by atoms with Gasteiger partial charge in [-0.05, 0) is 33.9 Å². The van der Waals surface area contributed by atoms with Gasteiger partial charge in [-0.3, -0.25) is 4.98 Å². The summed E-state index contributed by atoms with van der Waals surface area (Å²) in [4.78, 5) is 35.8. The second-order valence-electron chi connectivity index (χ2n) is 12.1. The van der Waals surface area contributed by atoms with E-state index in [1.807, 2.05) is 48.5 Å². The summed E-state index contributed by atoms with van der Waals surface area (Å²) in [5, 5.41) is 12.5. The summed E-state index contributed by atoms with van der Waals surface area (Å²) in [6.07, 6.45) is 0. The molecule has 0 atom stereocenters. The number of nitrogens with one attached hydrogen (secondary N) is 2. The van der Waals surface area contributed by atoms with E-state index in [2.05, 4.69) is 81.2 Å². The minimum atomic E-state index is 0.0220. The number of fused-ring (bicyclic) bond motifs is 18. The number of aromatic nitrogens is 10. The van der Waals surface area contributed by atoms with Crippen LogP contribution in [0.25, 0.3) is 89.9 Å². The van der Waals surface area contributed by atoms with Gasteiger partial charge in [0.15, 0.2) is 23.3 Å². The minimum absolute atomic E-state index is 0.0220. The summed E-state index contributed by atoms with van der Waals surface area (Å²) in [6, 6.07) is 26.8. The predicted molar refractivity (Wildman–Crippen MR) is 170 cm³/mol. The minimum Gasteiger partial charge on any atom is -0.324 e. The first-order valence-electron chi connectivity index (χ1n) is 14.4. The number of hydrogen-bond donors (Lipinski definition) is 2. The second kappa shape index (κ2) is 8.81. The lowest BCUT2D eigenvalue weighted by molar-refractivity contribution is 0.591. The molecule has 2 aliphatic heterocycles. The summed E-state index contributed by atoms with van der Waals surface area (Å²) in [6.45, 7) is 6.68. The fourth-order valence-electron chi connectivity index (χ4n) is 5.87. The van der Waals surface area contributed by atoms with Gasteiger partial charge >= 0.3 is 0 Å². The van der Waals surface area contributed by atoms with Crippen LogP contribution < -0.4 is 0 Å². The molecule has 0 unspecified atom stereocenters. The maximum absolute atomic E-state index is 5.09. The molecule has 0 amide bonds.